The van der Waals surface area contributed by atoms with Crippen LogP contribution in [-0.2, 0) is 0 Å². The molecule has 56 valence electrons. The lowest BCUT2D eigenvalue weighted by atomic mass is 10.2. The van der Waals surface area contributed by atoms with Crippen LogP contribution in [0.4, 0.5) is 0 Å². The van der Waals surface area contributed by atoms with Gasteiger partial charge in [0.1, 0.15) is 0 Å². The maximum Gasteiger partial charge on any atom is -0.0313 e. The van der Waals surface area contributed by atoms with Crippen molar-refractivity contribution in [3.63, 3.8) is 0 Å². The molecule has 0 aromatic heterocycles. The molecule has 0 saturated carbocycles. The Labute approximate surface area is 64.0 Å². The minimum atomic E-state index is 1.15. The third-order valence-electron chi connectivity index (χ3n) is 1.18. The first-order valence-corrected chi connectivity index (χ1v) is 3.80. The van der Waals surface area contributed by atoms with E-state index in [2.05, 4.69) is 37.3 Å². The number of hydrogen-bond acceptors (Lipinski definition) is 0. The molecule has 10 heavy (non-hydrogen) atoms. The second kappa shape index (κ2) is 8.22. The van der Waals surface area contributed by atoms with E-state index in [0.29, 0.717) is 0 Å². The molecule has 0 atom stereocenters. The third kappa shape index (κ3) is 7.22. The number of allylic oxidation sites excluding steroid dienone is 6. The normalized spacial score (nSPS) is 12.6. The van der Waals surface area contributed by atoms with Crippen molar-refractivity contribution in [2.45, 2.75) is 26.7 Å². The first-order valence-electron chi connectivity index (χ1n) is 3.80. The summed E-state index contributed by atoms with van der Waals surface area (Å²) in [5, 5.41) is 0. The van der Waals surface area contributed by atoms with Crippen molar-refractivity contribution in [3.05, 3.63) is 36.5 Å². The van der Waals surface area contributed by atoms with E-state index >= 15 is 0 Å². The van der Waals surface area contributed by atoms with Gasteiger partial charge >= 0.3 is 0 Å². The van der Waals surface area contributed by atoms with Crippen LogP contribution in [0.25, 0.3) is 0 Å². The smallest absolute Gasteiger partial charge is 0.0313 e. The maximum absolute atomic E-state index is 2.18. The first kappa shape index (κ1) is 9.22. The summed E-state index contributed by atoms with van der Waals surface area (Å²) in [5.41, 5.74) is 0. The molecule has 0 spiro atoms. The number of hydrogen-bond donors (Lipinski definition) is 0. The van der Waals surface area contributed by atoms with Gasteiger partial charge in [0.05, 0.1) is 0 Å². The van der Waals surface area contributed by atoms with E-state index in [-0.39, 0.29) is 0 Å². The van der Waals surface area contributed by atoms with E-state index in [1.807, 2.05) is 13.0 Å². The van der Waals surface area contributed by atoms with Crippen molar-refractivity contribution in [2.24, 2.45) is 0 Å². The minimum absolute atomic E-state index is 1.15. The van der Waals surface area contributed by atoms with Crippen LogP contribution in [0.2, 0.25) is 0 Å². The summed E-state index contributed by atoms with van der Waals surface area (Å²) >= 11 is 0. The maximum atomic E-state index is 2.18. The Bertz CT molecular complexity index is 127. The Morgan fingerprint density at radius 1 is 0.800 bits per heavy atom. The average Bonchev–Trinajstić information content (AvgIpc) is 1.97. The monoisotopic (exact) mass is 136 g/mol. The average molecular weight is 136 g/mol. The van der Waals surface area contributed by atoms with Crippen LogP contribution in [-0.4, -0.2) is 0 Å². The fourth-order valence-corrected chi connectivity index (χ4v) is 0.645. The van der Waals surface area contributed by atoms with Crippen molar-refractivity contribution in [1.82, 2.24) is 0 Å². The number of rotatable bonds is 4. The molecule has 0 nitrogen and oxygen atoms in total. The van der Waals surface area contributed by atoms with Gasteiger partial charge in [-0.2, -0.15) is 0 Å². The fourth-order valence-electron chi connectivity index (χ4n) is 0.645. The SMILES string of the molecule is C/C=C/C=C/CC/C=C/C. The summed E-state index contributed by atoms with van der Waals surface area (Å²) in [6.07, 6.45) is 14.9. The third-order valence-corrected chi connectivity index (χ3v) is 1.18. The van der Waals surface area contributed by atoms with Gasteiger partial charge in [-0.1, -0.05) is 36.5 Å². The molecule has 0 rings (SSSR count). The highest BCUT2D eigenvalue weighted by atomic mass is 13.8. The predicted octanol–water partition coefficient (Wildman–Crippen LogP) is 3.48. The molecule has 0 unspecified atom stereocenters. The molecule has 0 amide bonds. The molecule has 0 bridgehead atoms. The topological polar surface area (TPSA) is 0 Å². The van der Waals surface area contributed by atoms with Gasteiger partial charge < -0.3 is 0 Å². The van der Waals surface area contributed by atoms with Crippen molar-refractivity contribution in [1.29, 1.82) is 0 Å². The van der Waals surface area contributed by atoms with Crippen molar-refractivity contribution in [2.75, 3.05) is 0 Å². The summed E-state index contributed by atoms with van der Waals surface area (Å²) < 4.78 is 0. The lowest BCUT2D eigenvalue weighted by Gasteiger charge is -1.82. The van der Waals surface area contributed by atoms with Crippen LogP contribution in [0, 0.1) is 0 Å². The predicted molar refractivity (Wildman–Crippen MR) is 48.0 cm³/mol. The van der Waals surface area contributed by atoms with Crippen LogP contribution >= 0.6 is 0 Å². The molecule has 0 aliphatic carbocycles. The van der Waals surface area contributed by atoms with E-state index in [1.165, 1.54) is 0 Å². The van der Waals surface area contributed by atoms with E-state index in [9.17, 15) is 0 Å². The summed E-state index contributed by atoms with van der Waals surface area (Å²) in [7, 11) is 0. The van der Waals surface area contributed by atoms with Crippen LogP contribution in [0.5, 0.6) is 0 Å². The standard InChI is InChI=1S/C10H16/c1-3-5-7-9-10-8-6-4-2/h3-7,9H,8,10H2,1-2H3/b5-3+,6-4+,9-7+. The van der Waals surface area contributed by atoms with Crippen LogP contribution < -0.4 is 0 Å². The number of unbranched alkanes of at least 4 members (excludes halogenated alkanes) is 1. The summed E-state index contributed by atoms with van der Waals surface area (Å²) in [6.45, 7) is 4.08. The molecule has 0 fully saturated rings. The molecule has 0 heterocycles. The largest absolute Gasteiger partial charge is 0.0917 e. The van der Waals surface area contributed by atoms with Gasteiger partial charge in [-0.3, -0.25) is 0 Å². The molecule has 0 aliphatic heterocycles. The molecule has 0 radical (unpaired) electrons. The zero-order chi connectivity index (χ0) is 7.66. The Morgan fingerprint density at radius 2 is 1.50 bits per heavy atom. The van der Waals surface area contributed by atoms with Crippen LogP contribution in [0.15, 0.2) is 36.5 Å². The zero-order valence-corrected chi connectivity index (χ0v) is 6.88. The van der Waals surface area contributed by atoms with Gasteiger partial charge in [0.25, 0.3) is 0 Å². The minimum Gasteiger partial charge on any atom is -0.0917 e. The van der Waals surface area contributed by atoms with Gasteiger partial charge in [-0.15, -0.1) is 0 Å². The Morgan fingerprint density at radius 3 is 2.10 bits per heavy atom. The Balaban J connectivity index is 3.18. The zero-order valence-electron chi connectivity index (χ0n) is 6.88. The van der Waals surface area contributed by atoms with E-state index in [1.54, 1.807) is 0 Å². The van der Waals surface area contributed by atoms with E-state index < -0.39 is 0 Å². The molecular formula is C10H16. The summed E-state index contributed by atoms with van der Waals surface area (Å²) in [4.78, 5) is 0. The van der Waals surface area contributed by atoms with E-state index in [4.69, 9.17) is 0 Å². The molecule has 0 saturated heterocycles. The highest BCUT2D eigenvalue weighted by Crippen LogP contribution is 1.92. The van der Waals surface area contributed by atoms with Gasteiger partial charge in [0.15, 0.2) is 0 Å². The van der Waals surface area contributed by atoms with Crippen molar-refractivity contribution >= 4 is 0 Å². The van der Waals surface area contributed by atoms with Gasteiger partial charge in [-0.05, 0) is 26.7 Å². The molecule has 0 aromatic rings. The van der Waals surface area contributed by atoms with Gasteiger partial charge in [0, 0.05) is 0 Å². The molecule has 0 heteroatoms. The Hall–Kier alpha value is -0.780. The van der Waals surface area contributed by atoms with E-state index in [0.717, 1.165) is 12.8 Å². The molecule has 0 aliphatic rings. The molecule has 0 aromatic carbocycles. The fraction of sp³-hybridized carbons (Fsp3) is 0.400. The lowest BCUT2D eigenvalue weighted by Crippen LogP contribution is -1.61. The van der Waals surface area contributed by atoms with Crippen molar-refractivity contribution in [3.8, 4) is 0 Å². The Kier molecular flexibility index (Phi) is 7.58. The highest BCUT2D eigenvalue weighted by Gasteiger charge is 1.71. The second-order valence-corrected chi connectivity index (χ2v) is 2.10. The summed E-state index contributed by atoms with van der Waals surface area (Å²) in [5.74, 6) is 0. The van der Waals surface area contributed by atoms with Crippen LogP contribution in [0.3, 0.4) is 0 Å². The quantitative estimate of drug-likeness (QED) is 0.315. The second-order valence-electron chi connectivity index (χ2n) is 2.10. The van der Waals surface area contributed by atoms with Crippen molar-refractivity contribution < 1.29 is 0 Å². The van der Waals surface area contributed by atoms with Crippen LogP contribution in [0.1, 0.15) is 26.7 Å². The molecule has 0 N–H and O–H groups in total. The molecular weight excluding hydrogens is 120 g/mol. The van der Waals surface area contributed by atoms with Gasteiger partial charge in [0.2, 0.25) is 0 Å². The van der Waals surface area contributed by atoms with Gasteiger partial charge in [-0.25, -0.2) is 0 Å². The lowest BCUT2D eigenvalue weighted by molar-refractivity contribution is 1.05. The summed E-state index contributed by atoms with van der Waals surface area (Å²) in [6, 6.07) is 0. The highest BCUT2D eigenvalue weighted by molar-refractivity contribution is 5.01. The first-order chi connectivity index (χ1) is 4.91.